The number of anilines is 1. The Labute approximate surface area is 160 Å². The van der Waals surface area contributed by atoms with Gasteiger partial charge in [-0.2, -0.15) is 0 Å². The lowest BCUT2D eigenvalue weighted by atomic mass is 10.0. The molecule has 0 saturated carbocycles. The molecule has 0 bridgehead atoms. The van der Waals surface area contributed by atoms with Crippen molar-refractivity contribution in [2.45, 2.75) is 25.8 Å². The van der Waals surface area contributed by atoms with Gasteiger partial charge in [-0.25, -0.2) is 0 Å². The highest BCUT2D eigenvalue weighted by Gasteiger charge is 2.39. The zero-order valence-corrected chi connectivity index (χ0v) is 16.4. The van der Waals surface area contributed by atoms with Crippen molar-refractivity contribution < 1.29 is 19.4 Å². The number of hydrogen-bond donors (Lipinski definition) is 1. The molecule has 7 nitrogen and oxygen atoms in total. The third kappa shape index (κ3) is 4.09. The number of carbonyl (C=O) groups excluding carboxylic acids is 2. The van der Waals surface area contributed by atoms with Crippen molar-refractivity contribution >= 4 is 17.5 Å². The van der Waals surface area contributed by atoms with Crippen LogP contribution in [0.15, 0.2) is 24.3 Å². The van der Waals surface area contributed by atoms with Crippen molar-refractivity contribution in [3.05, 3.63) is 24.3 Å². The molecule has 0 spiro atoms. The standard InChI is InChI=1S/C20H29N3O4/c1-20(2,14-24)22-10-8-21(9-11-22)19(26)15-12-18(25)23(13-15)16-4-6-17(27-3)7-5-16/h4-7,15,24H,8-14H2,1-3H3/t15-/m1/s1. The van der Waals surface area contributed by atoms with E-state index in [2.05, 4.69) is 4.90 Å². The minimum Gasteiger partial charge on any atom is -0.497 e. The summed E-state index contributed by atoms with van der Waals surface area (Å²) in [6.45, 7) is 7.27. The van der Waals surface area contributed by atoms with Crippen LogP contribution in [-0.4, -0.2) is 78.7 Å². The van der Waals surface area contributed by atoms with Crippen molar-refractivity contribution in [3.63, 3.8) is 0 Å². The first-order valence-corrected chi connectivity index (χ1v) is 9.45. The molecule has 7 heteroatoms. The zero-order chi connectivity index (χ0) is 19.6. The number of aliphatic hydroxyl groups excluding tert-OH is 1. The first-order valence-electron chi connectivity index (χ1n) is 9.45. The van der Waals surface area contributed by atoms with Crippen molar-refractivity contribution in [1.82, 2.24) is 9.80 Å². The molecule has 2 aliphatic rings. The molecule has 1 atom stereocenters. The van der Waals surface area contributed by atoms with E-state index in [1.54, 1.807) is 12.0 Å². The molecule has 0 aliphatic carbocycles. The normalized spacial score (nSPS) is 21.6. The maximum atomic E-state index is 12.9. The van der Waals surface area contributed by atoms with E-state index in [-0.39, 0.29) is 36.3 Å². The summed E-state index contributed by atoms with van der Waals surface area (Å²) >= 11 is 0. The van der Waals surface area contributed by atoms with E-state index in [4.69, 9.17) is 4.74 Å². The lowest BCUT2D eigenvalue weighted by Gasteiger charge is -2.43. The molecule has 1 aromatic rings. The van der Waals surface area contributed by atoms with Gasteiger partial charge >= 0.3 is 0 Å². The van der Waals surface area contributed by atoms with Crippen LogP contribution in [0.5, 0.6) is 5.75 Å². The van der Waals surface area contributed by atoms with Crippen LogP contribution in [0, 0.1) is 5.92 Å². The second kappa shape index (κ2) is 7.86. The van der Waals surface area contributed by atoms with Gasteiger partial charge in [0, 0.05) is 50.4 Å². The molecule has 2 aliphatic heterocycles. The Morgan fingerprint density at radius 2 is 1.81 bits per heavy atom. The monoisotopic (exact) mass is 375 g/mol. The van der Waals surface area contributed by atoms with E-state index >= 15 is 0 Å². The lowest BCUT2D eigenvalue weighted by molar-refractivity contribution is -0.138. The molecular weight excluding hydrogens is 346 g/mol. The molecule has 0 unspecified atom stereocenters. The molecule has 148 valence electrons. The van der Waals surface area contributed by atoms with E-state index in [1.165, 1.54) is 0 Å². The third-order valence-corrected chi connectivity index (χ3v) is 5.69. The van der Waals surface area contributed by atoms with Gasteiger partial charge in [0.25, 0.3) is 0 Å². The number of carbonyl (C=O) groups is 2. The van der Waals surface area contributed by atoms with Crippen molar-refractivity contribution in [2.24, 2.45) is 5.92 Å². The van der Waals surface area contributed by atoms with Gasteiger partial charge in [0.15, 0.2) is 0 Å². The van der Waals surface area contributed by atoms with E-state index in [0.717, 1.165) is 24.5 Å². The Morgan fingerprint density at radius 1 is 1.19 bits per heavy atom. The zero-order valence-electron chi connectivity index (χ0n) is 16.4. The average Bonchev–Trinajstić information content (AvgIpc) is 3.09. The lowest BCUT2D eigenvalue weighted by Crippen LogP contribution is -2.57. The maximum absolute atomic E-state index is 12.9. The number of aliphatic hydroxyl groups is 1. The second-order valence-corrected chi connectivity index (χ2v) is 7.89. The van der Waals surface area contributed by atoms with Crippen molar-refractivity contribution in [2.75, 3.05) is 51.3 Å². The number of hydrogen-bond acceptors (Lipinski definition) is 5. The largest absolute Gasteiger partial charge is 0.497 e. The Bertz CT molecular complexity index is 681. The first-order chi connectivity index (χ1) is 12.9. The number of amides is 2. The van der Waals surface area contributed by atoms with Gasteiger partial charge in [-0.05, 0) is 38.1 Å². The summed E-state index contributed by atoms with van der Waals surface area (Å²) < 4.78 is 5.15. The summed E-state index contributed by atoms with van der Waals surface area (Å²) in [5.74, 6) is 0.484. The van der Waals surface area contributed by atoms with Gasteiger partial charge in [0.05, 0.1) is 19.6 Å². The molecule has 27 heavy (non-hydrogen) atoms. The Kier molecular flexibility index (Phi) is 5.72. The van der Waals surface area contributed by atoms with E-state index in [1.807, 2.05) is 43.0 Å². The molecule has 1 aromatic carbocycles. The highest BCUT2D eigenvalue weighted by molar-refractivity contribution is 6.00. The fourth-order valence-electron chi connectivity index (χ4n) is 3.78. The van der Waals surface area contributed by atoms with Crippen LogP contribution >= 0.6 is 0 Å². The predicted octanol–water partition coefficient (Wildman–Crippen LogP) is 0.963. The van der Waals surface area contributed by atoms with Gasteiger partial charge in [-0.15, -0.1) is 0 Å². The van der Waals surface area contributed by atoms with Crippen molar-refractivity contribution in [1.29, 1.82) is 0 Å². The summed E-state index contributed by atoms with van der Waals surface area (Å²) in [6.07, 6.45) is 0.257. The van der Waals surface area contributed by atoms with Crippen LogP contribution in [0.1, 0.15) is 20.3 Å². The van der Waals surface area contributed by atoms with Crippen LogP contribution in [0.4, 0.5) is 5.69 Å². The molecule has 2 heterocycles. The number of nitrogens with zero attached hydrogens (tertiary/aromatic N) is 3. The molecule has 2 amide bonds. The van der Waals surface area contributed by atoms with Crippen LogP contribution in [0.25, 0.3) is 0 Å². The highest BCUT2D eigenvalue weighted by Crippen LogP contribution is 2.28. The summed E-state index contributed by atoms with van der Waals surface area (Å²) in [5.41, 5.74) is 0.523. The topological polar surface area (TPSA) is 73.3 Å². The molecule has 0 aromatic heterocycles. The number of ether oxygens (including phenoxy) is 1. The van der Waals surface area contributed by atoms with Gasteiger partial charge in [0.2, 0.25) is 11.8 Å². The Hall–Kier alpha value is -2.12. The molecular formula is C20H29N3O4. The van der Waals surface area contributed by atoms with Crippen LogP contribution in [-0.2, 0) is 9.59 Å². The summed E-state index contributed by atoms with van der Waals surface area (Å²) in [6, 6.07) is 7.33. The van der Waals surface area contributed by atoms with Crippen LogP contribution in [0.2, 0.25) is 0 Å². The number of piperazine rings is 1. The number of rotatable bonds is 5. The maximum Gasteiger partial charge on any atom is 0.228 e. The SMILES string of the molecule is COc1ccc(N2C[C@H](C(=O)N3CCN(C(C)(C)CO)CC3)CC2=O)cc1. The summed E-state index contributed by atoms with van der Waals surface area (Å²) in [5, 5.41) is 9.52. The van der Waals surface area contributed by atoms with E-state index in [0.29, 0.717) is 19.6 Å². The highest BCUT2D eigenvalue weighted by atomic mass is 16.5. The molecule has 3 rings (SSSR count). The average molecular weight is 375 g/mol. The van der Waals surface area contributed by atoms with Gasteiger partial charge in [0.1, 0.15) is 5.75 Å². The Morgan fingerprint density at radius 3 is 2.37 bits per heavy atom. The minimum atomic E-state index is -0.294. The summed E-state index contributed by atoms with van der Waals surface area (Å²) in [7, 11) is 1.60. The van der Waals surface area contributed by atoms with Crippen molar-refractivity contribution in [3.8, 4) is 5.75 Å². The number of benzene rings is 1. The van der Waals surface area contributed by atoms with Gasteiger partial charge in [-0.1, -0.05) is 0 Å². The quantitative estimate of drug-likeness (QED) is 0.830. The van der Waals surface area contributed by atoms with Gasteiger partial charge in [-0.3, -0.25) is 14.5 Å². The van der Waals surface area contributed by atoms with Crippen LogP contribution < -0.4 is 9.64 Å². The first kappa shape index (κ1) is 19.6. The van der Waals surface area contributed by atoms with E-state index in [9.17, 15) is 14.7 Å². The smallest absolute Gasteiger partial charge is 0.228 e. The summed E-state index contributed by atoms with van der Waals surface area (Å²) in [4.78, 5) is 31.1. The molecule has 1 N–H and O–H groups in total. The molecule has 2 saturated heterocycles. The molecule has 0 radical (unpaired) electrons. The van der Waals surface area contributed by atoms with Crippen LogP contribution in [0.3, 0.4) is 0 Å². The fourth-order valence-corrected chi connectivity index (χ4v) is 3.78. The minimum absolute atomic E-state index is 0.0152. The molecule has 2 fully saturated rings. The fraction of sp³-hybridized carbons (Fsp3) is 0.600. The Balaban J connectivity index is 1.59. The predicted molar refractivity (Wildman–Crippen MR) is 103 cm³/mol. The third-order valence-electron chi connectivity index (χ3n) is 5.69. The van der Waals surface area contributed by atoms with E-state index < -0.39 is 0 Å². The number of methoxy groups -OCH3 is 1. The van der Waals surface area contributed by atoms with Gasteiger partial charge < -0.3 is 19.6 Å². The second-order valence-electron chi connectivity index (χ2n) is 7.89.